The van der Waals surface area contributed by atoms with Crippen molar-refractivity contribution in [2.75, 3.05) is 6.61 Å². The summed E-state index contributed by atoms with van der Waals surface area (Å²) in [6.45, 7) is 2.61. The van der Waals surface area contributed by atoms with E-state index in [0.717, 1.165) is 12.8 Å². The molecule has 1 atom stereocenters. The van der Waals surface area contributed by atoms with Gasteiger partial charge in [0.05, 0.1) is 0 Å². The molecule has 1 saturated heterocycles. The summed E-state index contributed by atoms with van der Waals surface area (Å²) >= 11 is 0. The van der Waals surface area contributed by atoms with Gasteiger partial charge in [-0.3, -0.25) is 4.79 Å². The van der Waals surface area contributed by atoms with E-state index in [4.69, 9.17) is 9.47 Å². The van der Waals surface area contributed by atoms with E-state index in [1.54, 1.807) is 12.2 Å². The van der Waals surface area contributed by atoms with Gasteiger partial charge in [-0.2, -0.15) is 0 Å². The molecule has 0 saturated carbocycles. The maximum atomic E-state index is 10.9. The van der Waals surface area contributed by atoms with E-state index in [2.05, 4.69) is 0 Å². The zero-order valence-electron chi connectivity index (χ0n) is 8.23. The second-order valence-corrected chi connectivity index (χ2v) is 3.57. The van der Waals surface area contributed by atoms with Crippen LogP contribution in [0.3, 0.4) is 0 Å². The minimum absolute atomic E-state index is 0.0269. The van der Waals surface area contributed by atoms with Gasteiger partial charge in [-0.15, -0.1) is 0 Å². The fourth-order valence-corrected chi connectivity index (χ4v) is 1.81. The molecule has 0 aromatic carbocycles. The molecule has 0 aromatic rings. The van der Waals surface area contributed by atoms with Crippen molar-refractivity contribution in [2.45, 2.75) is 31.7 Å². The Kier molecular flexibility index (Phi) is 2.52. The van der Waals surface area contributed by atoms with Crippen LogP contribution in [0.15, 0.2) is 24.3 Å². The molecular formula is C11H14O3. The van der Waals surface area contributed by atoms with Crippen molar-refractivity contribution in [1.82, 2.24) is 0 Å². The van der Waals surface area contributed by atoms with Gasteiger partial charge in [-0.05, 0) is 37.6 Å². The molecule has 1 unspecified atom stereocenters. The molecule has 1 aliphatic heterocycles. The molecule has 0 N–H and O–H groups in total. The molecule has 0 bridgehead atoms. The van der Waals surface area contributed by atoms with Gasteiger partial charge in [0.2, 0.25) is 0 Å². The molecule has 1 aliphatic carbocycles. The van der Waals surface area contributed by atoms with Crippen molar-refractivity contribution in [2.24, 2.45) is 0 Å². The Hall–Kier alpha value is -0.930. The second kappa shape index (κ2) is 3.67. The third-order valence-electron chi connectivity index (χ3n) is 2.53. The molecule has 0 radical (unpaired) electrons. The van der Waals surface area contributed by atoms with Gasteiger partial charge >= 0.3 is 0 Å². The standard InChI is InChI=1S/C11H14O3/c1-2-13-10-5-8-11(14-10)6-3-9(12)4-7-11/h3-4,6-7,10H,2,5,8H2,1H3. The first kappa shape index (κ1) is 9.62. The fraction of sp³-hybridized carbons (Fsp3) is 0.545. The third kappa shape index (κ3) is 1.79. The summed E-state index contributed by atoms with van der Waals surface area (Å²) in [6.07, 6.45) is 8.43. The van der Waals surface area contributed by atoms with Gasteiger partial charge in [0.1, 0.15) is 5.60 Å². The summed E-state index contributed by atoms with van der Waals surface area (Å²) in [5.41, 5.74) is -0.381. The van der Waals surface area contributed by atoms with Crippen LogP contribution in [0, 0.1) is 0 Å². The molecule has 0 amide bonds. The van der Waals surface area contributed by atoms with Crippen LogP contribution >= 0.6 is 0 Å². The normalized spacial score (nSPS) is 28.9. The minimum atomic E-state index is -0.381. The largest absolute Gasteiger partial charge is 0.353 e. The molecule has 1 heterocycles. The zero-order chi connectivity index (χ0) is 10.0. The van der Waals surface area contributed by atoms with Gasteiger partial charge in [0.15, 0.2) is 12.1 Å². The second-order valence-electron chi connectivity index (χ2n) is 3.57. The van der Waals surface area contributed by atoms with Crippen molar-refractivity contribution >= 4 is 5.78 Å². The summed E-state index contributed by atoms with van der Waals surface area (Å²) in [5, 5.41) is 0. The van der Waals surface area contributed by atoms with Crippen LogP contribution in [-0.2, 0) is 14.3 Å². The van der Waals surface area contributed by atoms with Crippen LogP contribution in [-0.4, -0.2) is 24.3 Å². The van der Waals surface area contributed by atoms with Crippen LogP contribution in [0.2, 0.25) is 0 Å². The third-order valence-corrected chi connectivity index (χ3v) is 2.53. The summed E-state index contributed by atoms with van der Waals surface area (Å²) < 4.78 is 11.1. The van der Waals surface area contributed by atoms with E-state index >= 15 is 0 Å². The molecule has 1 fully saturated rings. The van der Waals surface area contributed by atoms with Crippen molar-refractivity contribution in [3.8, 4) is 0 Å². The topological polar surface area (TPSA) is 35.5 Å². The maximum Gasteiger partial charge on any atom is 0.178 e. The highest BCUT2D eigenvalue weighted by Gasteiger charge is 2.37. The van der Waals surface area contributed by atoms with Crippen molar-refractivity contribution in [3.05, 3.63) is 24.3 Å². The first-order chi connectivity index (χ1) is 6.74. The van der Waals surface area contributed by atoms with Gasteiger partial charge in [-0.25, -0.2) is 0 Å². The minimum Gasteiger partial charge on any atom is -0.353 e. The van der Waals surface area contributed by atoms with Crippen LogP contribution in [0.5, 0.6) is 0 Å². The lowest BCUT2D eigenvalue weighted by Gasteiger charge is -2.23. The van der Waals surface area contributed by atoms with Gasteiger partial charge < -0.3 is 9.47 Å². The monoisotopic (exact) mass is 194 g/mol. The average Bonchev–Trinajstić information content (AvgIpc) is 2.56. The molecule has 2 rings (SSSR count). The Morgan fingerprint density at radius 1 is 1.57 bits per heavy atom. The smallest absolute Gasteiger partial charge is 0.178 e. The summed E-state index contributed by atoms with van der Waals surface area (Å²) in [6, 6.07) is 0. The zero-order valence-corrected chi connectivity index (χ0v) is 8.23. The fourth-order valence-electron chi connectivity index (χ4n) is 1.81. The van der Waals surface area contributed by atoms with Crippen LogP contribution in [0.1, 0.15) is 19.8 Å². The quantitative estimate of drug-likeness (QED) is 0.669. The Balaban J connectivity index is 2.03. The highest BCUT2D eigenvalue weighted by Crippen LogP contribution is 2.34. The molecule has 76 valence electrons. The number of hydrogen-bond donors (Lipinski definition) is 0. The number of ketones is 1. The Labute approximate surface area is 83.4 Å². The molecule has 0 aromatic heterocycles. The lowest BCUT2D eigenvalue weighted by atomic mass is 9.94. The first-order valence-electron chi connectivity index (χ1n) is 4.96. The number of hydrogen-bond acceptors (Lipinski definition) is 3. The van der Waals surface area contributed by atoms with E-state index in [1.807, 2.05) is 19.1 Å². The average molecular weight is 194 g/mol. The molecule has 3 heteroatoms. The van der Waals surface area contributed by atoms with E-state index in [1.165, 1.54) is 0 Å². The molecule has 3 nitrogen and oxygen atoms in total. The predicted molar refractivity (Wildman–Crippen MR) is 51.8 cm³/mol. The Morgan fingerprint density at radius 2 is 2.29 bits per heavy atom. The van der Waals surface area contributed by atoms with Crippen molar-refractivity contribution < 1.29 is 14.3 Å². The van der Waals surface area contributed by atoms with Crippen molar-refractivity contribution in [1.29, 1.82) is 0 Å². The van der Waals surface area contributed by atoms with E-state index < -0.39 is 0 Å². The lowest BCUT2D eigenvalue weighted by Crippen LogP contribution is -2.27. The number of rotatable bonds is 2. The van der Waals surface area contributed by atoms with Crippen LogP contribution < -0.4 is 0 Å². The predicted octanol–water partition coefficient (Wildman–Crippen LogP) is 1.59. The Morgan fingerprint density at radius 3 is 2.93 bits per heavy atom. The SMILES string of the molecule is CCOC1CCC2(C=CC(=O)C=C2)O1. The number of ether oxygens (including phenoxy) is 2. The van der Waals surface area contributed by atoms with E-state index in [9.17, 15) is 4.79 Å². The highest BCUT2D eigenvalue weighted by molar-refractivity contribution is 6.00. The molecule has 14 heavy (non-hydrogen) atoms. The summed E-state index contributed by atoms with van der Waals surface area (Å²) in [4.78, 5) is 10.9. The van der Waals surface area contributed by atoms with Gasteiger partial charge in [-0.1, -0.05) is 0 Å². The van der Waals surface area contributed by atoms with Crippen LogP contribution in [0.25, 0.3) is 0 Å². The number of carbonyl (C=O) groups is 1. The molecule has 2 aliphatic rings. The van der Waals surface area contributed by atoms with E-state index in [0.29, 0.717) is 6.61 Å². The highest BCUT2D eigenvalue weighted by atomic mass is 16.7. The maximum absolute atomic E-state index is 10.9. The van der Waals surface area contributed by atoms with Gasteiger partial charge in [0.25, 0.3) is 0 Å². The number of allylic oxidation sites excluding steroid dienone is 2. The Bertz CT molecular complexity index is 275. The molecule has 1 spiro atoms. The lowest BCUT2D eigenvalue weighted by molar-refractivity contribution is -0.140. The summed E-state index contributed by atoms with van der Waals surface area (Å²) in [7, 11) is 0. The molecular weight excluding hydrogens is 180 g/mol. The van der Waals surface area contributed by atoms with Crippen LogP contribution in [0.4, 0.5) is 0 Å². The number of carbonyl (C=O) groups excluding carboxylic acids is 1. The first-order valence-corrected chi connectivity index (χ1v) is 4.96. The summed E-state index contributed by atoms with van der Waals surface area (Å²) in [5.74, 6) is 0.0269. The van der Waals surface area contributed by atoms with Gasteiger partial charge in [0, 0.05) is 13.0 Å². The van der Waals surface area contributed by atoms with Crippen molar-refractivity contribution in [3.63, 3.8) is 0 Å². The van der Waals surface area contributed by atoms with E-state index in [-0.39, 0.29) is 17.7 Å².